The Morgan fingerprint density at radius 1 is 1.10 bits per heavy atom. The van der Waals surface area contributed by atoms with Crippen molar-refractivity contribution in [1.29, 1.82) is 0 Å². The van der Waals surface area contributed by atoms with Crippen molar-refractivity contribution < 1.29 is 18.7 Å². The summed E-state index contributed by atoms with van der Waals surface area (Å²) in [5.41, 5.74) is 2.57. The minimum Gasteiger partial charge on any atom is -0.489 e. The highest BCUT2D eigenvalue weighted by Gasteiger charge is 2.16. The molecule has 1 heterocycles. The third-order valence-electron chi connectivity index (χ3n) is 5.28. The number of anilines is 2. The lowest BCUT2D eigenvalue weighted by molar-refractivity contribution is 0.122. The van der Waals surface area contributed by atoms with E-state index in [1.54, 1.807) is 16.8 Å². The highest BCUT2D eigenvalue weighted by molar-refractivity contribution is 5.91. The fraction of sp³-hybridized carbons (Fsp3) is 0.435. The van der Waals surface area contributed by atoms with E-state index in [0.717, 1.165) is 30.0 Å². The number of benzene rings is 2. The van der Waals surface area contributed by atoms with Crippen LogP contribution in [0.25, 0.3) is 0 Å². The minimum absolute atomic E-state index is 0.0283. The lowest BCUT2D eigenvalue weighted by Gasteiger charge is -2.29. The molecule has 0 unspecified atom stereocenters. The maximum Gasteiger partial charge on any atom is 0.324 e. The molecule has 0 radical (unpaired) electrons. The molecular formula is C23H30FN3O3. The molecule has 0 aromatic heterocycles. The van der Waals surface area contributed by atoms with Crippen molar-refractivity contribution >= 4 is 17.4 Å². The molecule has 0 bridgehead atoms. The molecule has 0 aliphatic carbocycles. The normalized spacial score (nSPS) is 13.8. The first kappa shape index (κ1) is 21.9. The van der Waals surface area contributed by atoms with Crippen LogP contribution in [-0.2, 0) is 11.3 Å². The van der Waals surface area contributed by atoms with Gasteiger partial charge in [-0.3, -0.25) is 4.90 Å². The molecule has 30 heavy (non-hydrogen) atoms. The minimum atomic E-state index is -0.319. The summed E-state index contributed by atoms with van der Waals surface area (Å²) in [6.07, 6.45) is 0. The average Bonchev–Trinajstić information content (AvgIpc) is 2.78. The van der Waals surface area contributed by atoms with Crippen molar-refractivity contribution in [3.63, 3.8) is 0 Å². The van der Waals surface area contributed by atoms with Crippen molar-refractivity contribution in [2.75, 3.05) is 56.2 Å². The molecule has 0 spiro atoms. The highest BCUT2D eigenvalue weighted by Crippen LogP contribution is 2.25. The zero-order chi connectivity index (χ0) is 21.5. The van der Waals surface area contributed by atoms with E-state index in [1.807, 2.05) is 44.2 Å². The number of carbonyl (C=O) groups excluding carboxylic acids is 1. The third kappa shape index (κ3) is 5.42. The molecule has 0 N–H and O–H groups in total. The number of hydrogen-bond acceptors (Lipinski definition) is 4. The smallest absolute Gasteiger partial charge is 0.324 e. The third-order valence-corrected chi connectivity index (χ3v) is 5.28. The molecule has 1 saturated heterocycles. The second-order valence-electron chi connectivity index (χ2n) is 7.21. The van der Waals surface area contributed by atoms with Gasteiger partial charge in [-0.25, -0.2) is 9.18 Å². The van der Waals surface area contributed by atoms with Gasteiger partial charge in [-0.1, -0.05) is 12.1 Å². The fourth-order valence-electron chi connectivity index (χ4n) is 3.43. The molecular weight excluding hydrogens is 385 g/mol. The Bertz CT molecular complexity index is 834. The topological polar surface area (TPSA) is 45.2 Å². The van der Waals surface area contributed by atoms with Crippen molar-refractivity contribution in [3.8, 4) is 5.75 Å². The predicted octanol–water partition coefficient (Wildman–Crippen LogP) is 4.14. The van der Waals surface area contributed by atoms with Crippen LogP contribution in [-0.4, -0.2) is 57.4 Å². The fourth-order valence-corrected chi connectivity index (χ4v) is 3.43. The molecule has 0 atom stereocenters. The first-order valence-corrected chi connectivity index (χ1v) is 10.4. The molecule has 6 nitrogen and oxygen atoms in total. The quantitative estimate of drug-likeness (QED) is 0.682. The van der Waals surface area contributed by atoms with Gasteiger partial charge in [0.2, 0.25) is 0 Å². The van der Waals surface area contributed by atoms with E-state index < -0.39 is 0 Å². The van der Waals surface area contributed by atoms with Gasteiger partial charge < -0.3 is 19.3 Å². The van der Waals surface area contributed by atoms with Gasteiger partial charge in [0.25, 0.3) is 0 Å². The summed E-state index contributed by atoms with van der Waals surface area (Å²) in [6, 6.07) is 12.4. The summed E-state index contributed by atoms with van der Waals surface area (Å²) >= 11 is 0. The summed E-state index contributed by atoms with van der Waals surface area (Å²) in [6.45, 7) is 8.36. The van der Waals surface area contributed by atoms with Crippen LogP contribution in [0.5, 0.6) is 5.75 Å². The molecule has 2 aromatic carbocycles. The van der Waals surface area contributed by atoms with Gasteiger partial charge in [0.05, 0.1) is 13.2 Å². The monoisotopic (exact) mass is 415 g/mol. The van der Waals surface area contributed by atoms with Crippen LogP contribution < -0.4 is 14.5 Å². The largest absolute Gasteiger partial charge is 0.489 e. The molecule has 7 heteroatoms. The second-order valence-corrected chi connectivity index (χ2v) is 7.21. The van der Waals surface area contributed by atoms with Crippen molar-refractivity contribution in [3.05, 3.63) is 53.8 Å². The van der Waals surface area contributed by atoms with E-state index in [4.69, 9.17) is 9.47 Å². The van der Waals surface area contributed by atoms with Crippen LogP contribution in [0.15, 0.2) is 42.5 Å². The molecule has 2 amide bonds. The van der Waals surface area contributed by atoms with Gasteiger partial charge in [0.15, 0.2) is 0 Å². The summed E-state index contributed by atoms with van der Waals surface area (Å²) in [7, 11) is 1.77. The summed E-state index contributed by atoms with van der Waals surface area (Å²) in [5, 5.41) is 0. The maximum atomic E-state index is 14.1. The number of carbonyl (C=O) groups is 1. The number of amides is 2. The highest BCUT2D eigenvalue weighted by atomic mass is 19.1. The zero-order valence-corrected chi connectivity index (χ0v) is 17.9. The van der Waals surface area contributed by atoms with Crippen LogP contribution >= 0.6 is 0 Å². The number of ether oxygens (including phenoxy) is 2. The van der Waals surface area contributed by atoms with Crippen LogP contribution in [0.3, 0.4) is 0 Å². The Morgan fingerprint density at radius 2 is 1.77 bits per heavy atom. The summed E-state index contributed by atoms with van der Waals surface area (Å²) < 4.78 is 25.3. The van der Waals surface area contributed by atoms with Crippen LogP contribution in [0.1, 0.15) is 19.4 Å². The van der Waals surface area contributed by atoms with E-state index in [9.17, 15) is 9.18 Å². The van der Waals surface area contributed by atoms with Gasteiger partial charge in [0, 0.05) is 56.7 Å². The molecule has 1 aliphatic rings. The Hall–Kier alpha value is -2.80. The van der Waals surface area contributed by atoms with Crippen LogP contribution in [0, 0.1) is 5.82 Å². The molecule has 1 aliphatic heterocycles. The number of morpholine rings is 1. The van der Waals surface area contributed by atoms with Crippen molar-refractivity contribution in [2.45, 2.75) is 20.5 Å². The zero-order valence-electron chi connectivity index (χ0n) is 17.9. The van der Waals surface area contributed by atoms with Crippen molar-refractivity contribution in [2.24, 2.45) is 0 Å². The summed E-state index contributed by atoms with van der Waals surface area (Å²) in [4.78, 5) is 18.0. The number of urea groups is 1. The first-order chi connectivity index (χ1) is 14.5. The van der Waals surface area contributed by atoms with Gasteiger partial charge in [-0.2, -0.15) is 0 Å². The molecule has 2 aromatic rings. The lowest BCUT2D eigenvalue weighted by atomic mass is 10.2. The van der Waals surface area contributed by atoms with Gasteiger partial charge in [-0.05, 0) is 37.6 Å². The molecule has 162 valence electrons. The SMILES string of the molecule is CCN(CC)C(=O)N(C)c1ccc(COc2cc(F)cc(N3CCOCC3)c2)cc1. The van der Waals surface area contributed by atoms with Gasteiger partial charge in [-0.15, -0.1) is 0 Å². The average molecular weight is 416 g/mol. The number of hydrogen-bond donors (Lipinski definition) is 0. The summed E-state index contributed by atoms with van der Waals surface area (Å²) in [5.74, 6) is 0.176. The molecule has 0 saturated carbocycles. The van der Waals surface area contributed by atoms with E-state index >= 15 is 0 Å². The molecule has 3 rings (SSSR count). The number of nitrogens with zero attached hydrogens (tertiary/aromatic N) is 3. The van der Waals surface area contributed by atoms with Crippen LogP contribution in [0.2, 0.25) is 0 Å². The van der Waals surface area contributed by atoms with E-state index in [-0.39, 0.29) is 11.8 Å². The predicted molar refractivity (Wildman–Crippen MR) is 117 cm³/mol. The number of halogens is 1. The van der Waals surface area contributed by atoms with Crippen LogP contribution in [0.4, 0.5) is 20.6 Å². The Labute approximate surface area is 177 Å². The van der Waals surface area contributed by atoms with Gasteiger partial charge in [0.1, 0.15) is 18.2 Å². The Kier molecular flexibility index (Phi) is 7.52. The van der Waals surface area contributed by atoms with Crippen molar-refractivity contribution in [1.82, 2.24) is 4.90 Å². The van der Waals surface area contributed by atoms with Gasteiger partial charge >= 0.3 is 6.03 Å². The van der Waals surface area contributed by atoms with E-state index in [1.165, 1.54) is 12.1 Å². The number of rotatable bonds is 7. The molecule has 1 fully saturated rings. The van der Waals surface area contributed by atoms with E-state index in [0.29, 0.717) is 38.7 Å². The Morgan fingerprint density at radius 3 is 2.40 bits per heavy atom. The second kappa shape index (κ2) is 10.3. The first-order valence-electron chi connectivity index (χ1n) is 10.4. The Balaban J connectivity index is 1.62. The van der Waals surface area contributed by atoms with E-state index in [2.05, 4.69) is 4.90 Å². The standard InChI is InChI=1S/C23H30FN3O3/c1-4-26(5-2)23(28)25(3)20-8-6-18(7-9-20)17-30-22-15-19(24)14-21(16-22)27-10-12-29-13-11-27/h6-9,14-16H,4-5,10-13,17H2,1-3H3. The lowest BCUT2D eigenvalue weighted by Crippen LogP contribution is -2.41. The maximum absolute atomic E-state index is 14.1.